The van der Waals surface area contributed by atoms with E-state index in [0.29, 0.717) is 13.0 Å². The molecule has 0 aliphatic rings. The molecule has 1 N–H and O–H groups in total. The number of nitrogens with zero attached hydrogens (tertiary/aromatic N) is 1. The second-order valence-electron chi connectivity index (χ2n) is 4.90. The molecule has 0 aliphatic carbocycles. The smallest absolute Gasteiger partial charge is 0.289 e. The van der Waals surface area contributed by atoms with E-state index in [9.17, 15) is 14.4 Å². The Morgan fingerprint density at radius 2 is 1.85 bits per heavy atom. The van der Waals surface area contributed by atoms with E-state index < -0.39 is 17.7 Å². The zero-order valence-corrected chi connectivity index (χ0v) is 12.0. The fraction of sp³-hybridized carbons (Fsp3) is 0.400. The predicted molar refractivity (Wildman–Crippen MR) is 75.7 cm³/mol. The van der Waals surface area contributed by atoms with Crippen LogP contribution < -0.4 is 5.32 Å². The molecule has 1 aromatic rings. The molecule has 1 rings (SSSR count). The monoisotopic (exact) mass is 276 g/mol. The summed E-state index contributed by atoms with van der Waals surface area (Å²) in [6.07, 6.45) is 0.624. The Balaban J connectivity index is 2.95. The Morgan fingerprint density at radius 3 is 2.30 bits per heavy atom. The van der Waals surface area contributed by atoms with Crippen molar-refractivity contribution in [1.82, 2.24) is 10.2 Å². The molecule has 2 amide bonds. The first kappa shape index (κ1) is 15.9. The van der Waals surface area contributed by atoms with Crippen LogP contribution in [0.4, 0.5) is 0 Å². The zero-order chi connectivity index (χ0) is 15.1. The third kappa shape index (κ3) is 3.91. The van der Waals surface area contributed by atoms with Crippen LogP contribution in [0.3, 0.4) is 0 Å². The number of hydrogen-bond donors (Lipinski definition) is 1. The molecule has 0 radical (unpaired) electrons. The van der Waals surface area contributed by atoms with E-state index in [2.05, 4.69) is 5.32 Å². The summed E-state index contributed by atoms with van der Waals surface area (Å²) < 4.78 is 0. The SMILES string of the molecule is CNC(=O)C(=O)C(C(C)C)N(C=O)Cc1ccccc1. The van der Waals surface area contributed by atoms with Crippen LogP contribution in [0.1, 0.15) is 19.4 Å². The fourth-order valence-corrected chi connectivity index (χ4v) is 2.09. The molecule has 1 atom stereocenters. The van der Waals surface area contributed by atoms with E-state index in [1.165, 1.54) is 11.9 Å². The van der Waals surface area contributed by atoms with E-state index >= 15 is 0 Å². The largest absolute Gasteiger partial charge is 0.353 e. The number of rotatable bonds is 7. The molecular weight excluding hydrogens is 256 g/mol. The minimum absolute atomic E-state index is 0.145. The Labute approximate surface area is 119 Å². The van der Waals surface area contributed by atoms with Crippen molar-refractivity contribution in [3.63, 3.8) is 0 Å². The number of ketones is 1. The quantitative estimate of drug-likeness (QED) is 0.596. The lowest BCUT2D eigenvalue weighted by atomic mass is 9.97. The van der Waals surface area contributed by atoms with Gasteiger partial charge in [-0.25, -0.2) is 0 Å². The van der Waals surface area contributed by atoms with Crippen molar-refractivity contribution in [2.45, 2.75) is 26.4 Å². The van der Waals surface area contributed by atoms with Crippen molar-refractivity contribution in [1.29, 1.82) is 0 Å². The van der Waals surface area contributed by atoms with E-state index in [-0.39, 0.29) is 5.92 Å². The fourth-order valence-electron chi connectivity index (χ4n) is 2.09. The highest BCUT2D eigenvalue weighted by Gasteiger charge is 2.32. The summed E-state index contributed by atoms with van der Waals surface area (Å²) in [7, 11) is 1.40. The predicted octanol–water partition coefficient (Wildman–Crippen LogP) is 0.985. The van der Waals surface area contributed by atoms with E-state index in [1.807, 2.05) is 44.2 Å². The highest BCUT2D eigenvalue weighted by Crippen LogP contribution is 2.14. The third-order valence-electron chi connectivity index (χ3n) is 3.05. The normalized spacial score (nSPS) is 11.8. The van der Waals surface area contributed by atoms with Crippen LogP contribution in [0.2, 0.25) is 0 Å². The van der Waals surface area contributed by atoms with Gasteiger partial charge in [0.2, 0.25) is 12.2 Å². The first-order valence-corrected chi connectivity index (χ1v) is 6.52. The number of benzene rings is 1. The van der Waals surface area contributed by atoms with Gasteiger partial charge in [0.25, 0.3) is 5.91 Å². The number of hydrogen-bond acceptors (Lipinski definition) is 3. The van der Waals surface area contributed by atoms with Crippen LogP contribution in [0, 0.1) is 5.92 Å². The highest BCUT2D eigenvalue weighted by molar-refractivity contribution is 6.38. The topological polar surface area (TPSA) is 66.5 Å². The number of Topliss-reactive ketones (excluding diaryl/α,β-unsaturated/α-hetero) is 1. The van der Waals surface area contributed by atoms with Crippen molar-refractivity contribution in [2.75, 3.05) is 7.05 Å². The third-order valence-corrected chi connectivity index (χ3v) is 3.05. The molecule has 1 unspecified atom stereocenters. The van der Waals surface area contributed by atoms with Crippen LogP contribution in [-0.2, 0) is 20.9 Å². The van der Waals surface area contributed by atoms with Gasteiger partial charge < -0.3 is 10.2 Å². The molecule has 108 valence electrons. The second-order valence-corrected chi connectivity index (χ2v) is 4.90. The number of nitrogens with one attached hydrogen (secondary N) is 1. The summed E-state index contributed by atoms with van der Waals surface area (Å²) in [5.74, 6) is -1.41. The molecule has 0 aromatic heterocycles. The molecular formula is C15H20N2O3. The van der Waals surface area contributed by atoms with Gasteiger partial charge in [0.05, 0.1) is 0 Å². The maximum absolute atomic E-state index is 12.1. The lowest BCUT2D eigenvalue weighted by molar-refractivity contribution is -0.144. The van der Waals surface area contributed by atoms with E-state index in [1.54, 1.807) is 0 Å². The number of carbonyl (C=O) groups is 3. The summed E-state index contributed by atoms with van der Waals surface area (Å²) >= 11 is 0. The summed E-state index contributed by atoms with van der Waals surface area (Å²) in [5.41, 5.74) is 0.912. The summed E-state index contributed by atoms with van der Waals surface area (Å²) in [5, 5.41) is 2.31. The molecule has 5 heteroatoms. The second kappa shape index (κ2) is 7.43. The Hall–Kier alpha value is -2.17. The Kier molecular flexibility index (Phi) is 5.90. The average molecular weight is 276 g/mol. The Morgan fingerprint density at radius 1 is 1.25 bits per heavy atom. The van der Waals surface area contributed by atoms with E-state index in [4.69, 9.17) is 0 Å². The summed E-state index contributed by atoms with van der Waals surface area (Å²) in [6, 6.07) is 8.60. The van der Waals surface area contributed by atoms with Gasteiger partial charge in [-0.3, -0.25) is 14.4 Å². The first-order valence-electron chi connectivity index (χ1n) is 6.52. The van der Waals surface area contributed by atoms with Crippen LogP contribution in [0.5, 0.6) is 0 Å². The van der Waals surface area contributed by atoms with Crippen LogP contribution in [0.15, 0.2) is 30.3 Å². The number of likely N-dealkylation sites (N-methyl/N-ethyl adjacent to an activating group) is 1. The van der Waals surface area contributed by atoms with Crippen molar-refractivity contribution < 1.29 is 14.4 Å². The van der Waals surface area contributed by atoms with Gasteiger partial charge in [-0.05, 0) is 11.5 Å². The van der Waals surface area contributed by atoms with Crippen molar-refractivity contribution in [2.24, 2.45) is 5.92 Å². The van der Waals surface area contributed by atoms with Gasteiger partial charge >= 0.3 is 0 Å². The minimum atomic E-state index is -0.757. The lowest BCUT2D eigenvalue weighted by Gasteiger charge is -2.29. The van der Waals surface area contributed by atoms with Crippen LogP contribution in [-0.4, -0.2) is 36.1 Å². The molecule has 5 nitrogen and oxygen atoms in total. The van der Waals surface area contributed by atoms with Gasteiger partial charge in [-0.1, -0.05) is 44.2 Å². The molecule has 0 fully saturated rings. The van der Waals surface area contributed by atoms with Crippen LogP contribution >= 0.6 is 0 Å². The summed E-state index contributed by atoms with van der Waals surface area (Å²) in [6.45, 7) is 3.93. The van der Waals surface area contributed by atoms with Crippen molar-refractivity contribution in [3.8, 4) is 0 Å². The van der Waals surface area contributed by atoms with Gasteiger partial charge in [-0.2, -0.15) is 0 Å². The van der Waals surface area contributed by atoms with Crippen molar-refractivity contribution in [3.05, 3.63) is 35.9 Å². The maximum atomic E-state index is 12.1. The Bertz CT molecular complexity index is 471. The van der Waals surface area contributed by atoms with Gasteiger partial charge in [0.15, 0.2) is 0 Å². The standard InChI is InChI=1S/C15H20N2O3/c1-11(2)13(14(19)15(20)16-3)17(10-18)9-12-7-5-4-6-8-12/h4-8,10-11,13H,9H2,1-3H3,(H,16,20). The molecule has 0 bridgehead atoms. The highest BCUT2D eigenvalue weighted by atomic mass is 16.2. The molecule has 1 aromatic carbocycles. The van der Waals surface area contributed by atoms with Gasteiger partial charge in [0.1, 0.15) is 6.04 Å². The maximum Gasteiger partial charge on any atom is 0.289 e. The summed E-state index contributed by atoms with van der Waals surface area (Å²) in [4.78, 5) is 36.3. The van der Waals surface area contributed by atoms with E-state index in [0.717, 1.165) is 5.56 Å². The molecule has 0 saturated heterocycles. The van der Waals surface area contributed by atoms with Gasteiger partial charge in [0, 0.05) is 13.6 Å². The minimum Gasteiger partial charge on any atom is -0.353 e. The van der Waals surface area contributed by atoms with Crippen LogP contribution in [0.25, 0.3) is 0 Å². The molecule has 20 heavy (non-hydrogen) atoms. The molecule has 0 aliphatic heterocycles. The average Bonchev–Trinajstić information content (AvgIpc) is 2.46. The first-order chi connectivity index (χ1) is 9.51. The zero-order valence-electron chi connectivity index (χ0n) is 12.0. The number of carbonyl (C=O) groups excluding carboxylic acids is 3. The lowest BCUT2D eigenvalue weighted by Crippen LogP contribution is -2.49. The molecule has 0 heterocycles. The molecule has 0 saturated carbocycles. The van der Waals surface area contributed by atoms with Crippen molar-refractivity contribution >= 4 is 18.1 Å². The van der Waals surface area contributed by atoms with Gasteiger partial charge in [-0.15, -0.1) is 0 Å². The number of amides is 2. The molecule has 0 spiro atoms.